The van der Waals surface area contributed by atoms with Crippen molar-refractivity contribution in [1.82, 2.24) is 14.8 Å². The highest BCUT2D eigenvalue weighted by molar-refractivity contribution is 7.99. The lowest BCUT2D eigenvalue weighted by atomic mass is 10.2. The lowest BCUT2D eigenvalue weighted by Gasteiger charge is -2.03. The molecule has 114 valence electrons. The van der Waals surface area contributed by atoms with Crippen LogP contribution in [-0.2, 0) is 16.6 Å². The fourth-order valence-electron chi connectivity index (χ4n) is 1.58. The number of nitro benzene ring substituents is 1. The molecule has 0 amide bonds. The van der Waals surface area contributed by atoms with Crippen LogP contribution in [0.4, 0.5) is 5.69 Å². The molecule has 0 radical (unpaired) electrons. The standard InChI is InChI=1S/C13H12N4O4S/c1-16-13(14-8-15-16)22-11-5-3-9(4-6-12(18)21-2)7-10(11)17(19)20/h3-8H,1-2H3. The van der Waals surface area contributed by atoms with Crippen molar-refractivity contribution in [1.29, 1.82) is 0 Å². The van der Waals surface area contributed by atoms with E-state index in [1.54, 1.807) is 19.2 Å². The normalized spacial score (nSPS) is 10.8. The first-order chi connectivity index (χ1) is 10.5. The summed E-state index contributed by atoms with van der Waals surface area (Å²) in [6.07, 6.45) is 4.03. The van der Waals surface area contributed by atoms with E-state index in [4.69, 9.17) is 0 Å². The Kier molecular flexibility index (Phi) is 4.89. The van der Waals surface area contributed by atoms with Gasteiger partial charge in [-0.25, -0.2) is 14.5 Å². The number of ether oxygens (including phenoxy) is 1. The molecule has 0 aliphatic carbocycles. The summed E-state index contributed by atoms with van der Waals surface area (Å²) >= 11 is 1.15. The smallest absolute Gasteiger partial charge is 0.330 e. The summed E-state index contributed by atoms with van der Waals surface area (Å²) in [4.78, 5) is 26.3. The summed E-state index contributed by atoms with van der Waals surface area (Å²) in [7, 11) is 2.96. The van der Waals surface area contributed by atoms with Gasteiger partial charge in [0.2, 0.25) is 0 Å². The number of esters is 1. The summed E-state index contributed by atoms with van der Waals surface area (Å²) in [6, 6.07) is 4.66. The SMILES string of the molecule is COC(=O)C=Cc1ccc(Sc2ncnn2C)c([N+](=O)[O-])c1. The molecule has 9 heteroatoms. The fourth-order valence-corrected chi connectivity index (χ4v) is 2.43. The first-order valence-corrected chi connectivity index (χ1v) is 6.89. The van der Waals surface area contributed by atoms with E-state index in [9.17, 15) is 14.9 Å². The third-order valence-corrected chi connectivity index (χ3v) is 3.78. The van der Waals surface area contributed by atoms with Gasteiger partial charge in [0.25, 0.3) is 5.69 Å². The van der Waals surface area contributed by atoms with E-state index in [1.165, 1.54) is 36.3 Å². The second kappa shape index (κ2) is 6.85. The Balaban J connectivity index is 2.32. The van der Waals surface area contributed by atoms with Gasteiger partial charge in [-0.05, 0) is 29.5 Å². The van der Waals surface area contributed by atoms with Crippen LogP contribution in [-0.4, -0.2) is 32.8 Å². The average Bonchev–Trinajstić information content (AvgIpc) is 2.90. The van der Waals surface area contributed by atoms with Crippen LogP contribution in [0.1, 0.15) is 5.56 Å². The number of rotatable bonds is 5. The molecule has 2 rings (SSSR count). The summed E-state index contributed by atoms with van der Waals surface area (Å²) in [5, 5.41) is 15.7. The van der Waals surface area contributed by atoms with Crippen LogP contribution in [0.5, 0.6) is 0 Å². The van der Waals surface area contributed by atoms with Crippen LogP contribution in [0, 0.1) is 10.1 Å². The Morgan fingerprint density at radius 3 is 2.86 bits per heavy atom. The number of hydrogen-bond acceptors (Lipinski definition) is 7. The van der Waals surface area contributed by atoms with E-state index in [0.717, 1.165) is 11.8 Å². The van der Waals surface area contributed by atoms with Gasteiger partial charge in [0, 0.05) is 19.2 Å². The maximum atomic E-state index is 11.2. The second-order valence-corrected chi connectivity index (χ2v) is 5.12. The van der Waals surface area contributed by atoms with Crippen LogP contribution in [0.15, 0.2) is 40.7 Å². The number of carbonyl (C=O) groups is 1. The van der Waals surface area contributed by atoms with Crippen molar-refractivity contribution in [2.24, 2.45) is 7.05 Å². The molecule has 0 aliphatic heterocycles. The lowest BCUT2D eigenvalue weighted by molar-refractivity contribution is -0.387. The van der Waals surface area contributed by atoms with E-state index in [2.05, 4.69) is 14.8 Å². The van der Waals surface area contributed by atoms with Gasteiger partial charge >= 0.3 is 5.97 Å². The zero-order valence-electron chi connectivity index (χ0n) is 11.8. The van der Waals surface area contributed by atoms with Crippen molar-refractivity contribution in [2.75, 3.05) is 7.11 Å². The Labute approximate surface area is 130 Å². The molecule has 1 aromatic carbocycles. The van der Waals surface area contributed by atoms with Crippen LogP contribution in [0.25, 0.3) is 6.08 Å². The van der Waals surface area contributed by atoms with Crippen molar-refractivity contribution < 1.29 is 14.5 Å². The van der Waals surface area contributed by atoms with Gasteiger partial charge in [-0.1, -0.05) is 6.07 Å². The average molecular weight is 320 g/mol. The predicted octanol–water partition coefficient (Wildman–Crippen LogP) is 2.06. The first-order valence-electron chi connectivity index (χ1n) is 6.07. The molecule has 1 aromatic heterocycles. The summed E-state index contributed by atoms with van der Waals surface area (Å²) in [5.41, 5.74) is 0.458. The molecule has 0 bridgehead atoms. The predicted molar refractivity (Wildman–Crippen MR) is 79.3 cm³/mol. The van der Waals surface area contributed by atoms with Gasteiger partial charge in [0.15, 0.2) is 5.16 Å². The summed E-state index contributed by atoms with van der Waals surface area (Å²) in [5.74, 6) is -0.528. The number of nitrogens with zero attached hydrogens (tertiary/aromatic N) is 4. The fraction of sp³-hybridized carbons (Fsp3) is 0.154. The minimum Gasteiger partial charge on any atom is -0.466 e. The molecule has 22 heavy (non-hydrogen) atoms. The molecule has 0 fully saturated rings. The summed E-state index contributed by atoms with van der Waals surface area (Å²) < 4.78 is 6.00. The largest absolute Gasteiger partial charge is 0.466 e. The zero-order chi connectivity index (χ0) is 16.1. The van der Waals surface area contributed by atoms with Crippen molar-refractivity contribution >= 4 is 29.5 Å². The number of nitro groups is 1. The number of benzene rings is 1. The van der Waals surface area contributed by atoms with E-state index in [-0.39, 0.29) is 5.69 Å². The highest BCUT2D eigenvalue weighted by Crippen LogP contribution is 2.34. The quantitative estimate of drug-likeness (QED) is 0.360. The molecule has 0 atom stereocenters. The number of aryl methyl sites for hydroxylation is 1. The topological polar surface area (TPSA) is 100 Å². The lowest BCUT2D eigenvalue weighted by Crippen LogP contribution is -1.96. The molecule has 2 aromatic rings. The van der Waals surface area contributed by atoms with Gasteiger partial charge in [-0.3, -0.25) is 10.1 Å². The molecule has 0 aliphatic rings. The first kappa shape index (κ1) is 15.7. The Hall–Kier alpha value is -2.68. The molecule has 0 saturated heterocycles. The van der Waals surface area contributed by atoms with Gasteiger partial charge in [0.05, 0.1) is 16.9 Å². The second-order valence-electron chi connectivity index (χ2n) is 4.11. The third-order valence-electron chi connectivity index (χ3n) is 2.66. The zero-order valence-corrected chi connectivity index (χ0v) is 12.6. The maximum absolute atomic E-state index is 11.2. The number of methoxy groups -OCH3 is 1. The molecule has 0 spiro atoms. The van der Waals surface area contributed by atoms with Crippen molar-refractivity contribution in [3.63, 3.8) is 0 Å². The maximum Gasteiger partial charge on any atom is 0.330 e. The third kappa shape index (κ3) is 3.70. The van der Waals surface area contributed by atoms with Gasteiger partial charge in [-0.2, -0.15) is 5.10 Å². The highest BCUT2D eigenvalue weighted by atomic mass is 32.2. The highest BCUT2D eigenvalue weighted by Gasteiger charge is 2.17. The Morgan fingerprint density at radius 2 is 2.27 bits per heavy atom. The van der Waals surface area contributed by atoms with Crippen molar-refractivity contribution in [3.8, 4) is 0 Å². The molecule has 0 unspecified atom stereocenters. The van der Waals surface area contributed by atoms with E-state index < -0.39 is 10.9 Å². The molecular weight excluding hydrogens is 308 g/mol. The summed E-state index contributed by atoms with van der Waals surface area (Å²) in [6.45, 7) is 0. The number of hydrogen-bond donors (Lipinski definition) is 0. The Morgan fingerprint density at radius 1 is 1.50 bits per heavy atom. The molecule has 8 nitrogen and oxygen atoms in total. The van der Waals surface area contributed by atoms with Crippen molar-refractivity contribution in [3.05, 3.63) is 46.3 Å². The number of carbonyl (C=O) groups excluding carboxylic acids is 1. The monoisotopic (exact) mass is 320 g/mol. The van der Waals surface area contributed by atoms with Gasteiger partial charge in [-0.15, -0.1) is 0 Å². The van der Waals surface area contributed by atoms with Gasteiger partial charge < -0.3 is 4.74 Å². The Bertz CT molecular complexity index is 741. The van der Waals surface area contributed by atoms with Crippen molar-refractivity contribution in [2.45, 2.75) is 10.1 Å². The van der Waals surface area contributed by atoms with Crippen LogP contribution in [0.2, 0.25) is 0 Å². The molecule has 0 saturated carbocycles. The molecule has 1 heterocycles. The van der Waals surface area contributed by atoms with E-state index in [0.29, 0.717) is 15.6 Å². The van der Waals surface area contributed by atoms with Crippen LogP contribution >= 0.6 is 11.8 Å². The van der Waals surface area contributed by atoms with E-state index >= 15 is 0 Å². The van der Waals surface area contributed by atoms with Crippen LogP contribution in [0.3, 0.4) is 0 Å². The number of aromatic nitrogens is 3. The minimum absolute atomic E-state index is 0.0694. The van der Waals surface area contributed by atoms with Crippen LogP contribution < -0.4 is 0 Å². The minimum atomic E-state index is -0.528. The molecular formula is C13H12N4O4S. The van der Waals surface area contributed by atoms with E-state index in [1.807, 2.05) is 0 Å². The van der Waals surface area contributed by atoms with Gasteiger partial charge in [0.1, 0.15) is 6.33 Å². The molecule has 0 N–H and O–H groups in total.